The van der Waals surface area contributed by atoms with Crippen molar-refractivity contribution in [2.75, 3.05) is 0 Å². The highest BCUT2D eigenvalue weighted by molar-refractivity contribution is 5.87. The third-order valence-electron chi connectivity index (χ3n) is 3.19. The van der Waals surface area contributed by atoms with E-state index in [2.05, 4.69) is 0 Å². The molecule has 5 heteroatoms. The minimum Gasteiger partial charge on any atom is -0.299 e. The van der Waals surface area contributed by atoms with Crippen molar-refractivity contribution in [3.05, 3.63) is 71.0 Å². The zero-order valence-electron chi connectivity index (χ0n) is 11.1. The highest BCUT2D eigenvalue weighted by Crippen LogP contribution is 2.32. The van der Waals surface area contributed by atoms with Gasteiger partial charge >= 0.3 is 6.18 Å². The molecule has 0 N–H and O–H groups in total. The highest BCUT2D eigenvalue weighted by Gasteiger charge is 2.31. The predicted octanol–water partition coefficient (Wildman–Crippen LogP) is 4.57. The maximum absolute atomic E-state index is 13.8. The van der Waals surface area contributed by atoms with E-state index in [1.54, 1.807) is 6.07 Å². The van der Waals surface area contributed by atoms with Gasteiger partial charge in [0.2, 0.25) is 0 Å². The molecular formula is C16H12F4O. The molecule has 0 fully saturated rings. The summed E-state index contributed by atoms with van der Waals surface area (Å²) in [6.07, 6.45) is -4.44. The number of hydrogen-bond donors (Lipinski definition) is 0. The van der Waals surface area contributed by atoms with Crippen LogP contribution in [-0.4, -0.2) is 5.78 Å². The molecule has 0 spiro atoms. The van der Waals surface area contributed by atoms with Crippen LogP contribution in [0.15, 0.2) is 48.5 Å². The summed E-state index contributed by atoms with van der Waals surface area (Å²) in [4.78, 5) is 11.8. The number of benzene rings is 2. The van der Waals surface area contributed by atoms with Crippen LogP contribution in [0.3, 0.4) is 0 Å². The first-order valence-electron chi connectivity index (χ1n) is 6.22. The Hall–Kier alpha value is -2.17. The van der Waals surface area contributed by atoms with E-state index in [0.29, 0.717) is 5.56 Å². The fourth-order valence-corrected chi connectivity index (χ4v) is 2.21. The van der Waals surface area contributed by atoms with Crippen molar-refractivity contribution in [1.82, 2.24) is 0 Å². The largest absolute Gasteiger partial charge is 0.416 e. The summed E-state index contributed by atoms with van der Waals surface area (Å²) in [5, 5.41) is 0. The maximum Gasteiger partial charge on any atom is 0.416 e. The van der Waals surface area contributed by atoms with E-state index in [-0.39, 0.29) is 11.3 Å². The lowest BCUT2D eigenvalue weighted by Crippen LogP contribution is -2.13. The van der Waals surface area contributed by atoms with E-state index in [1.807, 2.05) is 0 Å². The SMILES string of the molecule is CC(=O)C(c1ccc(C(F)(F)F)cc1)c1ccccc1F. The summed E-state index contributed by atoms with van der Waals surface area (Å²) < 4.78 is 51.4. The van der Waals surface area contributed by atoms with Crippen molar-refractivity contribution in [3.8, 4) is 0 Å². The smallest absolute Gasteiger partial charge is 0.299 e. The van der Waals surface area contributed by atoms with Gasteiger partial charge in [0.05, 0.1) is 11.5 Å². The van der Waals surface area contributed by atoms with E-state index in [4.69, 9.17) is 0 Å². The van der Waals surface area contributed by atoms with Gasteiger partial charge in [-0.15, -0.1) is 0 Å². The molecule has 1 atom stereocenters. The monoisotopic (exact) mass is 296 g/mol. The average Bonchev–Trinajstić information content (AvgIpc) is 2.40. The average molecular weight is 296 g/mol. The molecule has 0 saturated carbocycles. The van der Waals surface area contributed by atoms with Crippen LogP contribution < -0.4 is 0 Å². The zero-order chi connectivity index (χ0) is 15.6. The predicted molar refractivity (Wildman–Crippen MR) is 70.4 cm³/mol. The zero-order valence-corrected chi connectivity index (χ0v) is 11.1. The van der Waals surface area contributed by atoms with Crippen LogP contribution in [0, 0.1) is 5.82 Å². The molecule has 0 heterocycles. The summed E-state index contributed by atoms with van der Waals surface area (Å²) >= 11 is 0. The molecule has 0 bridgehead atoms. The number of carbonyl (C=O) groups excluding carboxylic acids is 1. The number of hydrogen-bond acceptors (Lipinski definition) is 1. The molecular weight excluding hydrogens is 284 g/mol. The van der Waals surface area contributed by atoms with E-state index in [9.17, 15) is 22.4 Å². The molecule has 1 unspecified atom stereocenters. The van der Waals surface area contributed by atoms with E-state index >= 15 is 0 Å². The number of rotatable bonds is 3. The number of Topliss-reactive ketones (excluding diaryl/α,β-unsaturated/α-hetero) is 1. The Morgan fingerprint density at radius 1 is 1.00 bits per heavy atom. The summed E-state index contributed by atoms with van der Waals surface area (Å²) in [6, 6.07) is 9.95. The second-order valence-electron chi connectivity index (χ2n) is 4.68. The van der Waals surface area contributed by atoms with Crippen molar-refractivity contribution in [2.45, 2.75) is 19.0 Å². The Bertz CT molecular complexity index is 644. The fraction of sp³-hybridized carbons (Fsp3) is 0.188. The molecule has 0 aliphatic heterocycles. The van der Waals surface area contributed by atoms with Crippen LogP contribution in [0.5, 0.6) is 0 Å². The van der Waals surface area contributed by atoms with E-state index < -0.39 is 23.5 Å². The number of carbonyl (C=O) groups is 1. The third-order valence-corrected chi connectivity index (χ3v) is 3.19. The first-order chi connectivity index (χ1) is 9.80. The molecule has 0 saturated heterocycles. The van der Waals surface area contributed by atoms with Crippen molar-refractivity contribution in [3.63, 3.8) is 0 Å². The summed E-state index contributed by atoms with van der Waals surface area (Å²) in [5.74, 6) is -1.80. The second-order valence-corrected chi connectivity index (χ2v) is 4.68. The van der Waals surface area contributed by atoms with Gasteiger partial charge in [-0.05, 0) is 30.7 Å². The van der Waals surface area contributed by atoms with Gasteiger partial charge in [-0.25, -0.2) is 4.39 Å². The number of halogens is 4. The normalized spacial score (nSPS) is 13.0. The minimum atomic E-state index is -4.44. The third kappa shape index (κ3) is 3.29. The molecule has 2 rings (SSSR count). The summed E-state index contributed by atoms with van der Waals surface area (Å²) in [7, 11) is 0. The Morgan fingerprint density at radius 2 is 1.57 bits per heavy atom. The van der Waals surface area contributed by atoms with Crippen molar-refractivity contribution < 1.29 is 22.4 Å². The fourth-order valence-electron chi connectivity index (χ4n) is 2.21. The van der Waals surface area contributed by atoms with Gasteiger partial charge in [-0.2, -0.15) is 13.2 Å². The van der Waals surface area contributed by atoms with E-state index in [1.165, 1.54) is 37.3 Å². The van der Waals surface area contributed by atoms with Gasteiger partial charge < -0.3 is 0 Å². The topological polar surface area (TPSA) is 17.1 Å². The first kappa shape index (κ1) is 15.2. The van der Waals surface area contributed by atoms with Crippen LogP contribution in [0.1, 0.15) is 29.5 Å². The Morgan fingerprint density at radius 3 is 2.05 bits per heavy atom. The van der Waals surface area contributed by atoms with E-state index in [0.717, 1.165) is 12.1 Å². The standard InChI is InChI=1S/C16H12F4O/c1-10(21)15(13-4-2-3-5-14(13)17)11-6-8-12(9-7-11)16(18,19)20/h2-9,15H,1H3. The molecule has 0 aliphatic rings. The maximum atomic E-state index is 13.8. The lowest BCUT2D eigenvalue weighted by Gasteiger charge is -2.16. The lowest BCUT2D eigenvalue weighted by molar-refractivity contribution is -0.137. The molecule has 1 nitrogen and oxygen atoms in total. The van der Waals surface area contributed by atoms with Crippen LogP contribution in [0.4, 0.5) is 17.6 Å². The van der Waals surface area contributed by atoms with Gasteiger partial charge in [-0.1, -0.05) is 30.3 Å². The summed E-state index contributed by atoms with van der Waals surface area (Å²) in [6.45, 7) is 1.29. The van der Waals surface area contributed by atoms with Crippen molar-refractivity contribution in [2.24, 2.45) is 0 Å². The molecule has 2 aromatic carbocycles. The summed E-state index contributed by atoms with van der Waals surface area (Å²) in [5.41, 5.74) is -0.313. The van der Waals surface area contributed by atoms with Gasteiger partial charge in [0.1, 0.15) is 11.6 Å². The Balaban J connectivity index is 2.45. The number of alkyl halides is 3. The van der Waals surface area contributed by atoms with Gasteiger partial charge in [0, 0.05) is 5.56 Å². The first-order valence-corrected chi connectivity index (χ1v) is 6.22. The van der Waals surface area contributed by atoms with Crippen LogP contribution in [0.2, 0.25) is 0 Å². The number of ketones is 1. The molecule has 0 radical (unpaired) electrons. The molecule has 21 heavy (non-hydrogen) atoms. The van der Waals surface area contributed by atoms with Crippen LogP contribution >= 0.6 is 0 Å². The lowest BCUT2D eigenvalue weighted by atomic mass is 9.87. The molecule has 2 aromatic rings. The van der Waals surface area contributed by atoms with Crippen molar-refractivity contribution in [1.29, 1.82) is 0 Å². The van der Waals surface area contributed by atoms with Gasteiger partial charge in [0.15, 0.2) is 0 Å². The molecule has 0 aliphatic carbocycles. The second kappa shape index (κ2) is 5.68. The molecule has 0 aromatic heterocycles. The van der Waals surface area contributed by atoms with Crippen LogP contribution in [-0.2, 0) is 11.0 Å². The van der Waals surface area contributed by atoms with Crippen LogP contribution in [0.25, 0.3) is 0 Å². The molecule has 110 valence electrons. The van der Waals surface area contributed by atoms with Gasteiger partial charge in [-0.3, -0.25) is 4.79 Å². The highest BCUT2D eigenvalue weighted by atomic mass is 19.4. The quantitative estimate of drug-likeness (QED) is 0.759. The Labute approximate surface area is 119 Å². The van der Waals surface area contributed by atoms with Crippen molar-refractivity contribution >= 4 is 5.78 Å². The van der Waals surface area contributed by atoms with Gasteiger partial charge in [0.25, 0.3) is 0 Å². The Kier molecular flexibility index (Phi) is 4.11. The minimum absolute atomic E-state index is 0.157. The molecule has 0 amide bonds.